The summed E-state index contributed by atoms with van der Waals surface area (Å²) in [7, 11) is 0. The predicted molar refractivity (Wildman–Crippen MR) is 129 cm³/mol. The molecule has 1 unspecified atom stereocenters. The molecule has 3 amide bonds. The van der Waals surface area contributed by atoms with E-state index in [1.807, 2.05) is 42.8 Å². The molecular formula is C23H33BrN6O3. The molecule has 2 aliphatic rings. The monoisotopic (exact) mass is 520 g/mol. The fourth-order valence-corrected chi connectivity index (χ4v) is 4.87. The minimum absolute atomic E-state index is 0.00393. The van der Waals surface area contributed by atoms with Gasteiger partial charge in [0.05, 0.1) is 16.7 Å². The SMILES string of the molecule is CC(C)C1CN(CC2CCN(C(=O)OC(C)(C)C)CC2)C(=O)N1c1ccn2ncc(Br)c2n1. The highest BCUT2D eigenvalue weighted by Gasteiger charge is 2.41. The summed E-state index contributed by atoms with van der Waals surface area (Å²) in [5.74, 6) is 1.30. The number of amides is 3. The van der Waals surface area contributed by atoms with E-state index in [1.165, 1.54) is 0 Å². The summed E-state index contributed by atoms with van der Waals surface area (Å²) < 4.78 is 7.98. The summed E-state index contributed by atoms with van der Waals surface area (Å²) in [5, 5.41) is 4.25. The van der Waals surface area contributed by atoms with Gasteiger partial charge in [-0.15, -0.1) is 0 Å². The van der Waals surface area contributed by atoms with Crippen LogP contribution in [0, 0.1) is 11.8 Å². The van der Waals surface area contributed by atoms with Gasteiger partial charge in [0.15, 0.2) is 5.65 Å². The fourth-order valence-electron chi connectivity index (χ4n) is 4.51. The van der Waals surface area contributed by atoms with Crippen LogP contribution in [0.1, 0.15) is 47.5 Å². The molecule has 9 nitrogen and oxygen atoms in total. The highest BCUT2D eigenvalue weighted by molar-refractivity contribution is 9.10. The summed E-state index contributed by atoms with van der Waals surface area (Å²) in [4.78, 5) is 36.1. The third kappa shape index (κ3) is 5.10. The van der Waals surface area contributed by atoms with E-state index in [9.17, 15) is 9.59 Å². The van der Waals surface area contributed by atoms with Gasteiger partial charge in [-0.05, 0) is 67.4 Å². The quantitative estimate of drug-likeness (QED) is 0.596. The van der Waals surface area contributed by atoms with Crippen LogP contribution in [-0.2, 0) is 4.74 Å². The van der Waals surface area contributed by atoms with E-state index in [-0.39, 0.29) is 18.2 Å². The smallest absolute Gasteiger partial charge is 0.410 e. The van der Waals surface area contributed by atoms with Gasteiger partial charge in [-0.1, -0.05) is 13.8 Å². The standard InChI is InChI=1S/C23H33BrN6O3/c1-15(2)18-14-28(13-16-6-9-27(10-7-16)22(32)33-23(3,4)5)21(31)30(18)19-8-11-29-20(26-19)17(24)12-25-29/h8,11-12,15-16,18H,6-7,9-10,13-14H2,1-5H3. The van der Waals surface area contributed by atoms with Crippen LogP contribution in [0.15, 0.2) is 22.9 Å². The van der Waals surface area contributed by atoms with Crippen molar-refractivity contribution in [2.24, 2.45) is 11.8 Å². The minimum Gasteiger partial charge on any atom is -0.444 e. The molecule has 0 aromatic carbocycles. The fraction of sp³-hybridized carbons (Fsp3) is 0.652. The Hall–Kier alpha value is -2.36. The van der Waals surface area contributed by atoms with Crippen LogP contribution in [-0.4, -0.2) is 74.3 Å². The van der Waals surface area contributed by atoms with Crippen LogP contribution in [0.4, 0.5) is 15.4 Å². The van der Waals surface area contributed by atoms with E-state index in [2.05, 4.69) is 34.9 Å². The Morgan fingerprint density at radius 2 is 1.97 bits per heavy atom. The van der Waals surface area contributed by atoms with Gasteiger partial charge in [-0.25, -0.2) is 19.1 Å². The van der Waals surface area contributed by atoms with Crippen molar-refractivity contribution in [3.8, 4) is 0 Å². The number of carbonyl (C=O) groups is 2. The van der Waals surface area contributed by atoms with E-state index in [4.69, 9.17) is 9.72 Å². The molecule has 0 saturated carbocycles. The first-order valence-corrected chi connectivity index (χ1v) is 12.4. The zero-order valence-corrected chi connectivity index (χ0v) is 21.6. The number of carbonyl (C=O) groups excluding carboxylic acids is 2. The van der Waals surface area contributed by atoms with Crippen molar-refractivity contribution in [3.05, 3.63) is 22.9 Å². The third-order valence-electron chi connectivity index (χ3n) is 6.29. The van der Waals surface area contributed by atoms with Crippen molar-refractivity contribution >= 4 is 39.5 Å². The van der Waals surface area contributed by atoms with Crippen molar-refractivity contribution in [2.75, 3.05) is 31.1 Å². The Labute approximate surface area is 203 Å². The number of fused-ring (bicyclic) bond motifs is 1. The Morgan fingerprint density at radius 3 is 2.61 bits per heavy atom. The van der Waals surface area contributed by atoms with Crippen LogP contribution in [0.5, 0.6) is 0 Å². The van der Waals surface area contributed by atoms with Gasteiger partial charge >= 0.3 is 12.1 Å². The second kappa shape index (κ2) is 9.12. The third-order valence-corrected chi connectivity index (χ3v) is 6.85. The number of hydrogen-bond donors (Lipinski definition) is 0. The molecule has 4 rings (SSSR count). The van der Waals surface area contributed by atoms with Gasteiger partial charge in [0, 0.05) is 32.4 Å². The van der Waals surface area contributed by atoms with E-state index >= 15 is 0 Å². The zero-order valence-electron chi connectivity index (χ0n) is 20.0. The highest BCUT2D eigenvalue weighted by Crippen LogP contribution is 2.30. The average molecular weight is 521 g/mol. The maximum Gasteiger partial charge on any atom is 0.410 e. The largest absolute Gasteiger partial charge is 0.444 e. The number of nitrogens with zero attached hydrogens (tertiary/aromatic N) is 6. The first-order valence-electron chi connectivity index (χ1n) is 11.6. The van der Waals surface area contributed by atoms with E-state index in [0.717, 1.165) is 17.3 Å². The maximum absolute atomic E-state index is 13.5. The normalized spacial score (nSPS) is 20.4. The van der Waals surface area contributed by atoms with Gasteiger partial charge in [0.2, 0.25) is 0 Å². The van der Waals surface area contributed by atoms with Gasteiger partial charge in [0.25, 0.3) is 0 Å². The second-order valence-electron chi connectivity index (χ2n) is 10.3. The van der Waals surface area contributed by atoms with Crippen LogP contribution in [0.3, 0.4) is 0 Å². The lowest BCUT2D eigenvalue weighted by atomic mass is 9.96. The van der Waals surface area contributed by atoms with E-state index in [1.54, 1.807) is 15.6 Å². The van der Waals surface area contributed by atoms with Gasteiger partial charge in [0.1, 0.15) is 11.4 Å². The summed E-state index contributed by atoms with van der Waals surface area (Å²) in [5.41, 5.74) is 0.199. The maximum atomic E-state index is 13.5. The number of anilines is 1. The highest BCUT2D eigenvalue weighted by atomic mass is 79.9. The molecule has 180 valence electrons. The molecule has 2 saturated heterocycles. The summed E-state index contributed by atoms with van der Waals surface area (Å²) in [6.07, 6.45) is 5.01. The molecule has 2 aromatic rings. The van der Waals surface area contributed by atoms with Crippen molar-refractivity contribution in [3.63, 3.8) is 0 Å². The van der Waals surface area contributed by atoms with E-state index < -0.39 is 5.60 Å². The number of halogens is 1. The molecule has 1 atom stereocenters. The van der Waals surface area contributed by atoms with Crippen LogP contribution in [0.2, 0.25) is 0 Å². The number of likely N-dealkylation sites (tertiary alicyclic amines) is 1. The Morgan fingerprint density at radius 1 is 1.27 bits per heavy atom. The Balaban J connectivity index is 1.43. The van der Waals surface area contributed by atoms with Crippen molar-refractivity contribution in [2.45, 2.75) is 59.1 Å². The Bertz CT molecular complexity index is 1020. The second-order valence-corrected chi connectivity index (χ2v) is 11.2. The molecule has 0 bridgehead atoms. The Kier molecular flexibility index (Phi) is 6.57. The van der Waals surface area contributed by atoms with Gasteiger partial charge in [-0.3, -0.25) is 4.90 Å². The lowest BCUT2D eigenvalue weighted by molar-refractivity contribution is 0.0175. The lowest BCUT2D eigenvalue weighted by Crippen LogP contribution is -2.44. The topological polar surface area (TPSA) is 83.3 Å². The molecule has 0 spiro atoms. The first kappa shape index (κ1) is 23.8. The number of aromatic nitrogens is 3. The van der Waals surface area contributed by atoms with Crippen molar-refractivity contribution in [1.82, 2.24) is 24.4 Å². The molecule has 33 heavy (non-hydrogen) atoms. The van der Waals surface area contributed by atoms with Gasteiger partial charge in [-0.2, -0.15) is 5.10 Å². The number of rotatable bonds is 4. The zero-order chi connectivity index (χ0) is 23.9. The minimum atomic E-state index is -0.491. The van der Waals surface area contributed by atoms with Crippen LogP contribution in [0.25, 0.3) is 5.65 Å². The molecular weight excluding hydrogens is 488 g/mol. The molecule has 2 fully saturated rings. The number of hydrogen-bond acceptors (Lipinski definition) is 5. The van der Waals surface area contributed by atoms with E-state index in [0.29, 0.717) is 49.5 Å². The molecule has 2 aliphatic heterocycles. The molecule has 0 aliphatic carbocycles. The summed E-state index contributed by atoms with van der Waals surface area (Å²) in [6, 6.07) is 1.90. The number of ether oxygens (including phenoxy) is 1. The van der Waals surface area contributed by atoms with Crippen LogP contribution >= 0.6 is 15.9 Å². The molecule has 0 N–H and O–H groups in total. The lowest BCUT2D eigenvalue weighted by Gasteiger charge is -2.34. The predicted octanol–water partition coefficient (Wildman–Crippen LogP) is 4.41. The van der Waals surface area contributed by atoms with Crippen molar-refractivity contribution < 1.29 is 14.3 Å². The van der Waals surface area contributed by atoms with Crippen LogP contribution < -0.4 is 4.90 Å². The summed E-state index contributed by atoms with van der Waals surface area (Å²) >= 11 is 3.48. The molecule has 2 aromatic heterocycles. The molecule has 0 radical (unpaired) electrons. The molecule has 10 heteroatoms. The van der Waals surface area contributed by atoms with Gasteiger partial charge < -0.3 is 14.5 Å². The first-order chi connectivity index (χ1) is 15.5. The number of urea groups is 1. The summed E-state index contributed by atoms with van der Waals surface area (Å²) in [6.45, 7) is 12.6. The van der Waals surface area contributed by atoms with Crippen molar-refractivity contribution in [1.29, 1.82) is 0 Å². The number of piperidine rings is 1. The average Bonchev–Trinajstić information content (AvgIpc) is 3.27. The molecule has 4 heterocycles.